The number of amides is 1. The fourth-order valence-corrected chi connectivity index (χ4v) is 3.54. The van der Waals surface area contributed by atoms with Gasteiger partial charge in [0.1, 0.15) is 11.5 Å². The lowest BCUT2D eigenvalue weighted by molar-refractivity contribution is -0.135. The molecule has 25 heavy (non-hydrogen) atoms. The van der Waals surface area contributed by atoms with Gasteiger partial charge in [0.15, 0.2) is 0 Å². The maximum Gasteiger partial charge on any atom is 0.224 e. The number of rotatable bonds is 5. The Labute approximate surface area is 148 Å². The minimum Gasteiger partial charge on any atom is -0.496 e. The zero-order chi connectivity index (χ0) is 17.8. The molecular formula is C18H26N2O5. The van der Waals surface area contributed by atoms with Crippen molar-refractivity contribution in [3.8, 4) is 11.5 Å². The molecule has 1 fully saturated rings. The molecule has 1 aromatic rings. The minimum absolute atomic E-state index is 0.140. The second-order valence-corrected chi connectivity index (χ2v) is 6.36. The van der Waals surface area contributed by atoms with E-state index in [0.717, 1.165) is 16.9 Å². The molecule has 1 aromatic carbocycles. The molecule has 138 valence electrons. The first kappa shape index (κ1) is 18.0. The van der Waals surface area contributed by atoms with Crippen LogP contribution >= 0.6 is 0 Å². The third kappa shape index (κ3) is 3.89. The van der Waals surface area contributed by atoms with E-state index in [9.17, 15) is 9.90 Å². The molecule has 3 rings (SSSR count). The smallest absolute Gasteiger partial charge is 0.224 e. The Morgan fingerprint density at radius 2 is 1.92 bits per heavy atom. The van der Waals surface area contributed by atoms with Crippen molar-refractivity contribution in [3.63, 3.8) is 0 Å². The van der Waals surface area contributed by atoms with Crippen molar-refractivity contribution >= 4 is 5.91 Å². The lowest BCUT2D eigenvalue weighted by atomic mass is 9.95. The molecule has 0 unspecified atom stereocenters. The van der Waals surface area contributed by atoms with E-state index in [2.05, 4.69) is 4.90 Å². The van der Waals surface area contributed by atoms with Crippen molar-refractivity contribution in [1.82, 2.24) is 9.80 Å². The number of hydrogen-bond donors (Lipinski definition) is 1. The van der Waals surface area contributed by atoms with Gasteiger partial charge >= 0.3 is 0 Å². The molecule has 7 nitrogen and oxygen atoms in total. The third-order valence-corrected chi connectivity index (χ3v) is 4.87. The molecule has 0 aromatic heterocycles. The van der Waals surface area contributed by atoms with Crippen molar-refractivity contribution in [2.24, 2.45) is 0 Å². The molecule has 1 saturated heterocycles. The molecule has 1 N–H and O–H groups in total. The van der Waals surface area contributed by atoms with Crippen LogP contribution in [0.3, 0.4) is 0 Å². The average molecular weight is 350 g/mol. The highest BCUT2D eigenvalue weighted by atomic mass is 16.5. The number of ether oxygens (including phenoxy) is 3. The summed E-state index contributed by atoms with van der Waals surface area (Å²) in [7, 11) is 3.22. The van der Waals surface area contributed by atoms with E-state index < -0.39 is 6.10 Å². The number of benzene rings is 1. The number of morpholine rings is 1. The van der Waals surface area contributed by atoms with Gasteiger partial charge in [0, 0.05) is 50.3 Å². The van der Waals surface area contributed by atoms with Gasteiger partial charge in [0.25, 0.3) is 0 Å². The molecule has 0 saturated carbocycles. The number of methoxy groups -OCH3 is 2. The second-order valence-electron chi connectivity index (χ2n) is 6.36. The fraction of sp³-hybridized carbons (Fsp3) is 0.611. The first-order valence-electron chi connectivity index (χ1n) is 8.63. The quantitative estimate of drug-likeness (QED) is 0.847. The number of hydrogen-bond acceptors (Lipinski definition) is 6. The molecule has 7 heteroatoms. The Bertz CT molecular complexity index is 616. The summed E-state index contributed by atoms with van der Waals surface area (Å²) in [5.74, 6) is 1.55. The first-order valence-corrected chi connectivity index (χ1v) is 8.63. The minimum atomic E-state index is -0.660. The third-order valence-electron chi connectivity index (χ3n) is 4.87. The van der Waals surface area contributed by atoms with Gasteiger partial charge in [-0.1, -0.05) is 0 Å². The lowest BCUT2D eigenvalue weighted by Crippen LogP contribution is -2.42. The van der Waals surface area contributed by atoms with Gasteiger partial charge in [-0.25, -0.2) is 0 Å². The first-order chi connectivity index (χ1) is 12.1. The summed E-state index contributed by atoms with van der Waals surface area (Å²) in [6, 6.07) is 3.67. The topological polar surface area (TPSA) is 71.5 Å². The molecule has 0 bridgehead atoms. The Morgan fingerprint density at radius 1 is 1.24 bits per heavy atom. The van der Waals surface area contributed by atoms with E-state index in [1.807, 2.05) is 17.0 Å². The van der Waals surface area contributed by atoms with Crippen LogP contribution in [0.1, 0.15) is 23.7 Å². The van der Waals surface area contributed by atoms with Crippen molar-refractivity contribution in [2.45, 2.75) is 19.1 Å². The summed E-state index contributed by atoms with van der Waals surface area (Å²) in [4.78, 5) is 16.3. The van der Waals surface area contributed by atoms with Gasteiger partial charge < -0.3 is 24.2 Å². The maximum absolute atomic E-state index is 12.3. The monoisotopic (exact) mass is 350 g/mol. The number of carbonyl (C=O) groups excluding carboxylic acids is 1. The zero-order valence-corrected chi connectivity index (χ0v) is 14.9. The summed E-state index contributed by atoms with van der Waals surface area (Å²) >= 11 is 0. The highest BCUT2D eigenvalue weighted by Crippen LogP contribution is 2.39. The van der Waals surface area contributed by atoms with Crippen molar-refractivity contribution in [1.29, 1.82) is 0 Å². The Balaban J connectivity index is 1.67. The maximum atomic E-state index is 12.3. The molecule has 1 atom stereocenters. The predicted molar refractivity (Wildman–Crippen MR) is 91.8 cm³/mol. The van der Waals surface area contributed by atoms with E-state index in [1.165, 1.54) is 0 Å². The fourth-order valence-electron chi connectivity index (χ4n) is 3.54. The Hall–Kier alpha value is -1.83. The van der Waals surface area contributed by atoms with Crippen LogP contribution < -0.4 is 9.47 Å². The molecule has 0 radical (unpaired) electrons. The SMILES string of the molecule is COc1ccc(OC)c2c1CN(CCC(=O)N1CCOCC1)C[C@H]2O. The Kier molecular flexibility index (Phi) is 5.78. The summed E-state index contributed by atoms with van der Waals surface area (Å²) in [5, 5.41) is 10.6. The summed E-state index contributed by atoms with van der Waals surface area (Å²) < 4.78 is 16.1. The zero-order valence-electron chi connectivity index (χ0n) is 14.9. The summed E-state index contributed by atoms with van der Waals surface area (Å²) in [5.41, 5.74) is 1.72. The molecule has 2 heterocycles. The number of nitrogens with zero attached hydrogens (tertiary/aromatic N) is 2. The number of carbonyl (C=O) groups is 1. The number of aliphatic hydroxyl groups excluding tert-OH is 1. The normalized spacial score (nSPS) is 20.9. The Morgan fingerprint density at radius 3 is 2.60 bits per heavy atom. The summed E-state index contributed by atoms with van der Waals surface area (Å²) in [6.45, 7) is 4.25. The predicted octanol–water partition coefficient (Wildman–Crippen LogP) is 0.802. The van der Waals surface area contributed by atoms with Gasteiger partial charge in [-0.05, 0) is 12.1 Å². The molecule has 0 spiro atoms. The van der Waals surface area contributed by atoms with E-state index in [0.29, 0.717) is 58.1 Å². The highest BCUT2D eigenvalue weighted by molar-refractivity contribution is 5.76. The van der Waals surface area contributed by atoms with Crippen LogP contribution in [0.5, 0.6) is 11.5 Å². The van der Waals surface area contributed by atoms with E-state index in [-0.39, 0.29) is 5.91 Å². The van der Waals surface area contributed by atoms with E-state index in [4.69, 9.17) is 14.2 Å². The van der Waals surface area contributed by atoms with Crippen LogP contribution in [0, 0.1) is 0 Å². The van der Waals surface area contributed by atoms with Gasteiger partial charge in [-0.15, -0.1) is 0 Å². The second kappa shape index (κ2) is 8.03. The van der Waals surface area contributed by atoms with Crippen LogP contribution in [-0.2, 0) is 16.1 Å². The van der Waals surface area contributed by atoms with Gasteiger partial charge in [-0.2, -0.15) is 0 Å². The van der Waals surface area contributed by atoms with Gasteiger partial charge in [-0.3, -0.25) is 9.69 Å². The lowest BCUT2D eigenvalue weighted by Gasteiger charge is -2.34. The summed E-state index contributed by atoms with van der Waals surface area (Å²) in [6.07, 6.45) is -0.221. The van der Waals surface area contributed by atoms with Crippen LogP contribution in [-0.4, -0.2) is 74.4 Å². The van der Waals surface area contributed by atoms with E-state index >= 15 is 0 Å². The van der Waals surface area contributed by atoms with Crippen LogP contribution in [0.25, 0.3) is 0 Å². The number of β-amino-alcohol motifs (C(OH)–C–C–N with tert-alkyl or cyclic N) is 1. The van der Waals surface area contributed by atoms with Crippen LogP contribution in [0.2, 0.25) is 0 Å². The van der Waals surface area contributed by atoms with E-state index in [1.54, 1.807) is 14.2 Å². The molecule has 1 amide bonds. The van der Waals surface area contributed by atoms with Crippen LogP contribution in [0.4, 0.5) is 0 Å². The van der Waals surface area contributed by atoms with Crippen LogP contribution in [0.15, 0.2) is 12.1 Å². The molecule has 2 aliphatic rings. The molecule has 0 aliphatic carbocycles. The van der Waals surface area contributed by atoms with Crippen molar-refractivity contribution in [3.05, 3.63) is 23.3 Å². The van der Waals surface area contributed by atoms with Crippen molar-refractivity contribution < 1.29 is 24.1 Å². The highest BCUT2D eigenvalue weighted by Gasteiger charge is 2.30. The van der Waals surface area contributed by atoms with Crippen molar-refractivity contribution in [2.75, 3.05) is 53.6 Å². The standard InChI is InChI=1S/C18H26N2O5/c1-23-15-3-4-16(24-2)18-13(15)11-19(12-14(18)21)6-5-17(22)20-7-9-25-10-8-20/h3-4,14,21H,5-12H2,1-2H3/t14-/m1/s1. The van der Waals surface area contributed by atoms with Gasteiger partial charge in [0.05, 0.1) is 33.5 Å². The largest absolute Gasteiger partial charge is 0.496 e. The number of fused-ring (bicyclic) bond motifs is 1. The average Bonchev–Trinajstić information content (AvgIpc) is 2.65. The molecular weight excluding hydrogens is 324 g/mol. The number of aliphatic hydroxyl groups is 1. The molecule has 2 aliphatic heterocycles. The van der Waals surface area contributed by atoms with Gasteiger partial charge in [0.2, 0.25) is 5.91 Å².